The molecule has 3 rings (SSSR count). The fourth-order valence-corrected chi connectivity index (χ4v) is 2.61. The summed E-state index contributed by atoms with van der Waals surface area (Å²) in [6.45, 7) is 1.39. The van der Waals surface area contributed by atoms with Crippen LogP contribution >= 0.6 is 11.6 Å². The third-order valence-corrected chi connectivity index (χ3v) is 3.69. The minimum absolute atomic E-state index is 0.626. The number of H-pyrrole nitrogens is 1. The molecule has 0 unspecified atom stereocenters. The number of ether oxygens (including phenoxy) is 1. The van der Waals surface area contributed by atoms with E-state index in [4.69, 9.17) is 16.3 Å². The summed E-state index contributed by atoms with van der Waals surface area (Å²) in [5.41, 5.74) is 4.53. The smallest absolute Gasteiger partial charge is 0.0713 e. The molecule has 21 heavy (non-hydrogen) atoms. The predicted molar refractivity (Wildman–Crippen MR) is 87.8 cm³/mol. The van der Waals surface area contributed by atoms with Crippen LogP contribution in [-0.2, 0) is 17.9 Å². The second kappa shape index (κ2) is 6.20. The van der Waals surface area contributed by atoms with Crippen molar-refractivity contribution >= 4 is 28.2 Å². The molecule has 2 N–H and O–H groups in total. The molecule has 1 aromatic heterocycles. The molecule has 0 bridgehead atoms. The van der Waals surface area contributed by atoms with E-state index in [-0.39, 0.29) is 0 Å². The zero-order chi connectivity index (χ0) is 14.7. The summed E-state index contributed by atoms with van der Waals surface area (Å²) in [6, 6.07) is 14.2. The van der Waals surface area contributed by atoms with E-state index in [0.717, 1.165) is 28.3 Å². The van der Waals surface area contributed by atoms with Gasteiger partial charge in [0.1, 0.15) is 0 Å². The first-order valence-electron chi connectivity index (χ1n) is 6.83. The summed E-state index contributed by atoms with van der Waals surface area (Å²) in [4.78, 5) is 3.25. The first kappa shape index (κ1) is 14.0. The molecule has 2 aromatic carbocycles. The first-order chi connectivity index (χ1) is 10.3. The minimum atomic E-state index is 0.626. The molecule has 0 atom stereocenters. The molecule has 3 aromatic rings. The largest absolute Gasteiger partial charge is 0.381 e. The van der Waals surface area contributed by atoms with Crippen LogP contribution in [0.5, 0.6) is 0 Å². The number of nitrogens with one attached hydrogen (secondary N) is 2. The van der Waals surface area contributed by atoms with Gasteiger partial charge < -0.3 is 15.0 Å². The second-order valence-corrected chi connectivity index (χ2v) is 5.43. The molecule has 3 nitrogen and oxygen atoms in total. The van der Waals surface area contributed by atoms with Crippen molar-refractivity contribution in [2.45, 2.75) is 13.2 Å². The van der Waals surface area contributed by atoms with Crippen LogP contribution in [0.25, 0.3) is 10.9 Å². The van der Waals surface area contributed by atoms with Gasteiger partial charge in [-0.25, -0.2) is 0 Å². The quantitative estimate of drug-likeness (QED) is 0.723. The molecule has 0 spiro atoms. The predicted octanol–water partition coefficient (Wildman–Crippen LogP) is 4.58. The number of hydrogen-bond donors (Lipinski definition) is 2. The summed E-state index contributed by atoms with van der Waals surface area (Å²) < 4.78 is 5.16. The molecule has 0 saturated heterocycles. The molecule has 0 fully saturated rings. The molecule has 0 radical (unpaired) electrons. The van der Waals surface area contributed by atoms with Gasteiger partial charge in [0.15, 0.2) is 0 Å². The summed E-state index contributed by atoms with van der Waals surface area (Å²) in [6.07, 6.45) is 2.02. The van der Waals surface area contributed by atoms with Crippen molar-refractivity contribution in [3.63, 3.8) is 0 Å². The SMILES string of the molecule is COCc1cccc(NCc2c[nH]c3cc(Cl)ccc23)c1. The summed E-state index contributed by atoms with van der Waals surface area (Å²) in [5, 5.41) is 5.38. The Morgan fingerprint density at radius 2 is 2.10 bits per heavy atom. The maximum Gasteiger partial charge on any atom is 0.0713 e. The first-order valence-corrected chi connectivity index (χ1v) is 7.21. The van der Waals surface area contributed by atoms with E-state index in [2.05, 4.69) is 28.5 Å². The number of anilines is 1. The fraction of sp³-hybridized carbons (Fsp3) is 0.176. The van der Waals surface area contributed by atoms with Crippen molar-refractivity contribution in [1.29, 1.82) is 0 Å². The summed E-state index contributed by atoms with van der Waals surface area (Å²) in [5.74, 6) is 0. The average Bonchev–Trinajstić information content (AvgIpc) is 2.88. The van der Waals surface area contributed by atoms with Crippen LogP contribution in [0.1, 0.15) is 11.1 Å². The van der Waals surface area contributed by atoms with Crippen molar-refractivity contribution in [3.8, 4) is 0 Å². The van der Waals surface area contributed by atoms with Crippen LogP contribution in [0.4, 0.5) is 5.69 Å². The van der Waals surface area contributed by atoms with Gasteiger partial charge in [-0.15, -0.1) is 0 Å². The van der Waals surface area contributed by atoms with Gasteiger partial charge in [0.2, 0.25) is 0 Å². The highest BCUT2D eigenvalue weighted by atomic mass is 35.5. The summed E-state index contributed by atoms with van der Waals surface area (Å²) >= 11 is 6.00. The zero-order valence-electron chi connectivity index (χ0n) is 11.8. The highest BCUT2D eigenvalue weighted by Crippen LogP contribution is 2.23. The van der Waals surface area contributed by atoms with Crippen molar-refractivity contribution < 1.29 is 4.74 Å². The zero-order valence-corrected chi connectivity index (χ0v) is 12.6. The van der Waals surface area contributed by atoms with E-state index < -0.39 is 0 Å². The second-order valence-electron chi connectivity index (χ2n) is 4.99. The number of aromatic nitrogens is 1. The van der Waals surface area contributed by atoms with Crippen LogP contribution in [0.15, 0.2) is 48.7 Å². The van der Waals surface area contributed by atoms with Crippen LogP contribution in [0.3, 0.4) is 0 Å². The third kappa shape index (κ3) is 3.20. The van der Waals surface area contributed by atoms with E-state index in [1.807, 2.05) is 30.5 Å². The van der Waals surface area contributed by atoms with Gasteiger partial charge in [-0.3, -0.25) is 0 Å². The standard InChI is InChI=1S/C17H17ClN2O/c1-21-11-12-3-2-4-15(7-12)19-9-13-10-20-17-8-14(18)5-6-16(13)17/h2-8,10,19-20H,9,11H2,1H3. The van der Waals surface area contributed by atoms with E-state index in [1.54, 1.807) is 7.11 Å². The summed E-state index contributed by atoms with van der Waals surface area (Å²) in [7, 11) is 1.71. The van der Waals surface area contributed by atoms with Crippen molar-refractivity contribution in [2.75, 3.05) is 12.4 Å². The van der Waals surface area contributed by atoms with Gasteiger partial charge in [0.25, 0.3) is 0 Å². The number of methoxy groups -OCH3 is 1. The Morgan fingerprint density at radius 3 is 2.95 bits per heavy atom. The molecule has 0 aliphatic rings. The lowest BCUT2D eigenvalue weighted by Gasteiger charge is -2.08. The third-order valence-electron chi connectivity index (χ3n) is 3.45. The lowest BCUT2D eigenvalue weighted by molar-refractivity contribution is 0.185. The lowest BCUT2D eigenvalue weighted by atomic mass is 10.1. The Kier molecular flexibility index (Phi) is 4.13. The maximum atomic E-state index is 6.00. The Balaban J connectivity index is 1.75. The van der Waals surface area contributed by atoms with Crippen molar-refractivity contribution in [1.82, 2.24) is 4.98 Å². The average molecular weight is 301 g/mol. The van der Waals surface area contributed by atoms with Crippen molar-refractivity contribution in [3.05, 3.63) is 64.8 Å². The Labute approximate surface area is 128 Å². The normalized spacial score (nSPS) is 11.0. The number of fused-ring (bicyclic) bond motifs is 1. The lowest BCUT2D eigenvalue weighted by Crippen LogP contribution is -1.99. The number of hydrogen-bond acceptors (Lipinski definition) is 2. The Morgan fingerprint density at radius 1 is 1.19 bits per heavy atom. The van der Waals surface area contributed by atoms with E-state index in [0.29, 0.717) is 6.61 Å². The van der Waals surface area contributed by atoms with Crippen LogP contribution < -0.4 is 5.32 Å². The van der Waals surface area contributed by atoms with Crippen LogP contribution in [0.2, 0.25) is 5.02 Å². The maximum absolute atomic E-state index is 6.00. The topological polar surface area (TPSA) is 37.0 Å². The minimum Gasteiger partial charge on any atom is -0.381 e. The molecule has 0 amide bonds. The molecular formula is C17H17ClN2O. The van der Waals surface area contributed by atoms with Gasteiger partial charge in [0.05, 0.1) is 6.61 Å². The Hall–Kier alpha value is -1.97. The van der Waals surface area contributed by atoms with Gasteiger partial charge >= 0.3 is 0 Å². The fourth-order valence-electron chi connectivity index (χ4n) is 2.44. The van der Waals surface area contributed by atoms with E-state index in [9.17, 15) is 0 Å². The molecule has 0 aliphatic carbocycles. The molecule has 1 heterocycles. The van der Waals surface area contributed by atoms with Gasteiger partial charge in [0, 0.05) is 41.5 Å². The van der Waals surface area contributed by atoms with Crippen LogP contribution in [-0.4, -0.2) is 12.1 Å². The number of halogens is 1. The van der Waals surface area contributed by atoms with E-state index in [1.165, 1.54) is 10.9 Å². The van der Waals surface area contributed by atoms with Crippen molar-refractivity contribution in [2.24, 2.45) is 0 Å². The van der Waals surface area contributed by atoms with E-state index >= 15 is 0 Å². The van der Waals surface area contributed by atoms with Gasteiger partial charge in [-0.05, 0) is 35.4 Å². The number of rotatable bonds is 5. The molecule has 0 aliphatic heterocycles. The highest BCUT2D eigenvalue weighted by Gasteiger charge is 2.04. The van der Waals surface area contributed by atoms with Gasteiger partial charge in [-0.2, -0.15) is 0 Å². The Bertz CT molecular complexity index is 751. The monoisotopic (exact) mass is 300 g/mol. The number of benzene rings is 2. The molecule has 4 heteroatoms. The van der Waals surface area contributed by atoms with Gasteiger partial charge in [-0.1, -0.05) is 29.8 Å². The molecule has 0 saturated carbocycles. The molecular weight excluding hydrogens is 284 g/mol. The van der Waals surface area contributed by atoms with Crippen LogP contribution in [0, 0.1) is 0 Å². The number of aromatic amines is 1. The molecule has 108 valence electrons. The highest BCUT2D eigenvalue weighted by molar-refractivity contribution is 6.31.